The van der Waals surface area contributed by atoms with Crippen LogP contribution in [0.4, 0.5) is 11.4 Å². The Kier molecular flexibility index (Phi) is 8.73. The van der Waals surface area contributed by atoms with Gasteiger partial charge in [0.05, 0.1) is 67.2 Å². The van der Waals surface area contributed by atoms with E-state index < -0.39 is 0 Å². The first-order valence-electron chi connectivity index (χ1n) is 15.3. The van der Waals surface area contributed by atoms with Crippen molar-refractivity contribution in [2.24, 2.45) is 0 Å². The van der Waals surface area contributed by atoms with E-state index in [1.807, 2.05) is 6.07 Å². The smallest absolute Gasteiger partial charge is 0.209 e. The molecule has 0 aromatic heterocycles. The summed E-state index contributed by atoms with van der Waals surface area (Å²) in [7, 11) is 13.7. The lowest BCUT2D eigenvalue weighted by Crippen LogP contribution is -2.37. The standard InChI is InChI=1S/C36H54ClN4/c1-27-17-19-31-29(25-27)35(2,3)33(38(31)21-13-23-40(6,7)8)15-12-16-34-36(4,5)30-26-28(37)18-20-32(30)39(34)22-14-24-41(9,10)11/h12,15-20,25-26H,13-14,21-24H2,1-11H3/q+3. The molecule has 0 radical (unpaired) electrons. The van der Waals surface area contributed by atoms with Gasteiger partial charge in [-0.1, -0.05) is 49.2 Å². The van der Waals surface area contributed by atoms with Crippen LogP contribution in [0.1, 0.15) is 57.2 Å². The van der Waals surface area contributed by atoms with Gasteiger partial charge in [0, 0.05) is 52.5 Å². The molecule has 0 bridgehead atoms. The molecule has 0 atom stereocenters. The Morgan fingerprint density at radius 1 is 0.829 bits per heavy atom. The first-order chi connectivity index (χ1) is 18.9. The van der Waals surface area contributed by atoms with Gasteiger partial charge in [-0.25, -0.2) is 0 Å². The number of benzene rings is 2. The zero-order chi connectivity index (χ0) is 30.4. The third-order valence-electron chi connectivity index (χ3n) is 8.83. The lowest BCUT2D eigenvalue weighted by atomic mass is 9.81. The van der Waals surface area contributed by atoms with Crippen molar-refractivity contribution >= 4 is 28.7 Å². The maximum atomic E-state index is 6.51. The summed E-state index contributed by atoms with van der Waals surface area (Å²) in [6.07, 6.45) is 9.32. The van der Waals surface area contributed by atoms with Crippen LogP contribution in [0.15, 0.2) is 60.3 Å². The van der Waals surface area contributed by atoms with Crippen molar-refractivity contribution in [3.63, 3.8) is 0 Å². The molecule has 2 aromatic rings. The molecule has 4 nitrogen and oxygen atoms in total. The van der Waals surface area contributed by atoms with E-state index in [2.05, 4.69) is 135 Å². The molecule has 0 saturated carbocycles. The second-order valence-corrected chi connectivity index (χ2v) is 15.7. The highest BCUT2D eigenvalue weighted by Crippen LogP contribution is 2.48. The number of rotatable bonds is 10. The quantitative estimate of drug-likeness (QED) is 0.210. The van der Waals surface area contributed by atoms with E-state index in [-0.39, 0.29) is 10.8 Å². The molecule has 2 heterocycles. The van der Waals surface area contributed by atoms with Gasteiger partial charge in [0.1, 0.15) is 0 Å². The highest BCUT2D eigenvalue weighted by Gasteiger charge is 2.44. The van der Waals surface area contributed by atoms with Crippen LogP contribution in [0.3, 0.4) is 0 Å². The van der Waals surface area contributed by atoms with Crippen molar-refractivity contribution in [2.45, 2.75) is 58.3 Å². The predicted molar refractivity (Wildman–Crippen MR) is 178 cm³/mol. The number of fused-ring (bicyclic) bond motifs is 2. The van der Waals surface area contributed by atoms with Crippen molar-refractivity contribution < 1.29 is 13.5 Å². The minimum absolute atomic E-state index is 0.0566. The highest BCUT2D eigenvalue weighted by atomic mass is 35.5. The van der Waals surface area contributed by atoms with Crippen LogP contribution in [0.2, 0.25) is 5.02 Å². The highest BCUT2D eigenvalue weighted by molar-refractivity contribution is 6.30. The number of anilines is 1. The molecule has 0 saturated heterocycles. The van der Waals surface area contributed by atoms with Gasteiger partial charge in [-0.2, -0.15) is 4.58 Å². The molecule has 5 heteroatoms. The maximum Gasteiger partial charge on any atom is 0.209 e. The fourth-order valence-corrected chi connectivity index (χ4v) is 6.73. The molecule has 0 N–H and O–H groups in total. The zero-order valence-corrected chi connectivity index (χ0v) is 28.4. The molecule has 2 aromatic carbocycles. The number of aryl methyl sites for hydroxylation is 1. The summed E-state index contributed by atoms with van der Waals surface area (Å²) in [5.41, 5.74) is 9.26. The molecule has 0 aliphatic carbocycles. The summed E-state index contributed by atoms with van der Waals surface area (Å²) in [6, 6.07) is 13.4. The molecule has 0 amide bonds. The van der Waals surface area contributed by atoms with Crippen LogP contribution in [0, 0.1) is 6.92 Å². The average molecular weight is 578 g/mol. The van der Waals surface area contributed by atoms with Gasteiger partial charge in [-0.15, -0.1) is 0 Å². The molecule has 2 aliphatic rings. The van der Waals surface area contributed by atoms with Gasteiger partial charge in [-0.05, 0) is 50.6 Å². The Morgan fingerprint density at radius 2 is 1.49 bits per heavy atom. The van der Waals surface area contributed by atoms with Crippen molar-refractivity contribution in [3.8, 4) is 0 Å². The van der Waals surface area contributed by atoms with Crippen molar-refractivity contribution in [2.75, 3.05) is 73.4 Å². The first-order valence-corrected chi connectivity index (χ1v) is 15.6. The van der Waals surface area contributed by atoms with E-state index in [4.69, 9.17) is 11.6 Å². The van der Waals surface area contributed by atoms with Crippen molar-refractivity contribution in [1.82, 2.24) is 0 Å². The second kappa shape index (κ2) is 11.4. The number of nitrogens with zero attached hydrogens (tertiary/aromatic N) is 4. The topological polar surface area (TPSA) is 6.25 Å². The van der Waals surface area contributed by atoms with E-state index in [1.54, 1.807) is 0 Å². The van der Waals surface area contributed by atoms with Gasteiger partial charge in [0.15, 0.2) is 12.3 Å². The second-order valence-electron chi connectivity index (χ2n) is 15.3. The van der Waals surface area contributed by atoms with Crippen LogP contribution in [-0.2, 0) is 10.8 Å². The van der Waals surface area contributed by atoms with Crippen molar-refractivity contribution in [3.05, 3.63) is 82.0 Å². The number of allylic oxidation sites excluding steroid dienone is 4. The summed E-state index contributed by atoms with van der Waals surface area (Å²) in [4.78, 5) is 2.58. The molecule has 0 fully saturated rings. The molecular formula is C36H54ClN4+3. The molecule has 0 spiro atoms. The normalized spacial score (nSPS) is 19.0. The first kappa shape index (κ1) is 31.5. The average Bonchev–Trinajstić information content (AvgIpc) is 3.16. The van der Waals surface area contributed by atoms with E-state index in [1.165, 1.54) is 39.5 Å². The van der Waals surface area contributed by atoms with Gasteiger partial charge >= 0.3 is 0 Å². The SMILES string of the molecule is Cc1ccc2c(c1)C(C)(C)/C(=C/C=C/C1=[N+](CCC[N+](C)(C)C)c3ccc(Cl)cc3C1(C)C)N2CCC[N+](C)(C)C. The monoisotopic (exact) mass is 577 g/mol. The van der Waals surface area contributed by atoms with E-state index >= 15 is 0 Å². The summed E-state index contributed by atoms with van der Waals surface area (Å²) < 4.78 is 4.49. The van der Waals surface area contributed by atoms with Crippen LogP contribution in [-0.4, -0.2) is 87.7 Å². The summed E-state index contributed by atoms with van der Waals surface area (Å²) in [5, 5.41) is 0.806. The van der Waals surface area contributed by atoms with Crippen LogP contribution < -0.4 is 4.90 Å². The third kappa shape index (κ3) is 6.82. The lowest BCUT2D eigenvalue weighted by Gasteiger charge is -2.29. The van der Waals surface area contributed by atoms with Crippen LogP contribution in [0.25, 0.3) is 0 Å². The zero-order valence-electron chi connectivity index (χ0n) is 27.6. The van der Waals surface area contributed by atoms with Crippen LogP contribution >= 0.6 is 11.6 Å². The molecular weight excluding hydrogens is 524 g/mol. The Labute approximate surface area is 255 Å². The minimum Gasteiger partial charge on any atom is -0.344 e. The molecule has 222 valence electrons. The van der Waals surface area contributed by atoms with Gasteiger partial charge in [0.25, 0.3) is 0 Å². The van der Waals surface area contributed by atoms with E-state index in [9.17, 15) is 0 Å². The fourth-order valence-electron chi connectivity index (χ4n) is 6.56. The lowest BCUT2D eigenvalue weighted by molar-refractivity contribution is -0.871. The predicted octanol–water partition coefficient (Wildman–Crippen LogP) is 7.46. The van der Waals surface area contributed by atoms with Gasteiger partial charge in [0.2, 0.25) is 5.69 Å². The Balaban J connectivity index is 1.73. The molecule has 4 rings (SSSR count). The van der Waals surface area contributed by atoms with E-state index in [0.29, 0.717) is 0 Å². The number of hydrogen-bond acceptors (Lipinski definition) is 1. The maximum absolute atomic E-state index is 6.51. The third-order valence-corrected chi connectivity index (χ3v) is 9.07. The van der Waals surface area contributed by atoms with E-state index in [0.717, 1.165) is 53.0 Å². The summed E-state index contributed by atoms with van der Waals surface area (Å²) in [6.45, 7) is 15.9. The molecule has 0 unspecified atom stereocenters. The number of halogens is 1. The Morgan fingerprint density at radius 3 is 2.15 bits per heavy atom. The number of quaternary nitrogens is 2. The summed E-state index contributed by atoms with van der Waals surface area (Å²) >= 11 is 6.51. The van der Waals surface area contributed by atoms with Crippen LogP contribution in [0.5, 0.6) is 0 Å². The fraction of sp³-hybridized carbons (Fsp3) is 0.528. The minimum atomic E-state index is -0.124. The molecule has 41 heavy (non-hydrogen) atoms. The Hall–Kier alpha value is -2.40. The van der Waals surface area contributed by atoms with Crippen molar-refractivity contribution in [1.29, 1.82) is 0 Å². The Bertz CT molecular complexity index is 1380. The largest absolute Gasteiger partial charge is 0.344 e. The van der Waals surface area contributed by atoms with Gasteiger partial charge < -0.3 is 13.9 Å². The summed E-state index contributed by atoms with van der Waals surface area (Å²) in [5.74, 6) is 0. The molecule has 2 aliphatic heterocycles. The van der Waals surface area contributed by atoms with Gasteiger partial charge in [-0.3, -0.25) is 0 Å². The number of hydrogen-bond donors (Lipinski definition) is 0.